The standard InChI is InChI=1S/C11H15ClN2O/c12-8-1-4-11(10(13)7-8)14(5-6-15)9-2-3-9/h1,4,7,9,15H,2-3,5-6,13H2. The van der Waals surface area contributed by atoms with Crippen molar-refractivity contribution < 1.29 is 5.11 Å². The molecule has 0 radical (unpaired) electrons. The van der Waals surface area contributed by atoms with Crippen molar-refractivity contribution in [3.05, 3.63) is 23.2 Å². The second kappa shape index (κ2) is 4.29. The third-order valence-electron chi connectivity index (χ3n) is 2.63. The predicted molar refractivity (Wildman–Crippen MR) is 63.3 cm³/mol. The van der Waals surface area contributed by atoms with Crippen LogP contribution in [0.1, 0.15) is 12.8 Å². The second-order valence-electron chi connectivity index (χ2n) is 3.85. The van der Waals surface area contributed by atoms with Gasteiger partial charge in [0.15, 0.2) is 0 Å². The van der Waals surface area contributed by atoms with E-state index in [1.807, 2.05) is 12.1 Å². The van der Waals surface area contributed by atoms with Gasteiger partial charge in [0.2, 0.25) is 0 Å². The molecule has 82 valence electrons. The van der Waals surface area contributed by atoms with Crippen LogP contribution < -0.4 is 10.6 Å². The number of anilines is 2. The number of hydrogen-bond acceptors (Lipinski definition) is 3. The van der Waals surface area contributed by atoms with Gasteiger partial charge in [0, 0.05) is 17.6 Å². The molecule has 4 heteroatoms. The van der Waals surface area contributed by atoms with E-state index < -0.39 is 0 Å². The Hall–Kier alpha value is -0.930. The number of hydrogen-bond donors (Lipinski definition) is 2. The molecule has 15 heavy (non-hydrogen) atoms. The first-order valence-electron chi connectivity index (χ1n) is 5.15. The fraction of sp³-hybridized carbons (Fsp3) is 0.455. The van der Waals surface area contributed by atoms with E-state index in [2.05, 4.69) is 4.90 Å². The lowest BCUT2D eigenvalue weighted by Gasteiger charge is -2.25. The number of nitrogens with zero attached hydrogens (tertiary/aromatic N) is 1. The Labute approximate surface area is 94.4 Å². The predicted octanol–water partition coefficient (Wildman–Crippen LogP) is 1.88. The molecule has 1 aliphatic carbocycles. The summed E-state index contributed by atoms with van der Waals surface area (Å²) in [7, 11) is 0. The monoisotopic (exact) mass is 226 g/mol. The molecule has 0 saturated heterocycles. The molecule has 1 fully saturated rings. The molecule has 0 bridgehead atoms. The van der Waals surface area contributed by atoms with Crippen molar-refractivity contribution in [3.63, 3.8) is 0 Å². The van der Waals surface area contributed by atoms with Crippen LogP contribution >= 0.6 is 11.6 Å². The maximum atomic E-state index is 9.01. The lowest BCUT2D eigenvalue weighted by molar-refractivity contribution is 0.301. The highest BCUT2D eigenvalue weighted by atomic mass is 35.5. The Bertz CT molecular complexity index is 352. The van der Waals surface area contributed by atoms with E-state index >= 15 is 0 Å². The summed E-state index contributed by atoms with van der Waals surface area (Å²) in [5, 5.41) is 9.66. The van der Waals surface area contributed by atoms with Gasteiger partial charge in [-0.25, -0.2) is 0 Å². The lowest BCUT2D eigenvalue weighted by atomic mass is 10.2. The zero-order valence-electron chi connectivity index (χ0n) is 8.49. The average molecular weight is 227 g/mol. The van der Waals surface area contributed by atoms with E-state index in [0.717, 1.165) is 5.69 Å². The molecule has 1 aliphatic rings. The zero-order chi connectivity index (χ0) is 10.8. The second-order valence-corrected chi connectivity index (χ2v) is 4.29. The molecule has 1 aromatic carbocycles. The number of aliphatic hydroxyl groups excluding tert-OH is 1. The van der Waals surface area contributed by atoms with Crippen LogP contribution in [0.2, 0.25) is 5.02 Å². The van der Waals surface area contributed by atoms with Gasteiger partial charge in [-0.2, -0.15) is 0 Å². The molecule has 0 atom stereocenters. The largest absolute Gasteiger partial charge is 0.397 e. The molecule has 0 aromatic heterocycles. The SMILES string of the molecule is Nc1cc(Cl)ccc1N(CCO)C1CC1. The van der Waals surface area contributed by atoms with Crippen LogP contribution in [0.15, 0.2) is 18.2 Å². The molecule has 3 N–H and O–H groups in total. The third-order valence-corrected chi connectivity index (χ3v) is 2.86. The Morgan fingerprint density at radius 1 is 1.47 bits per heavy atom. The number of benzene rings is 1. The Balaban J connectivity index is 2.24. The van der Waals surface area contributed by atoms with E-state index in [9.17, 15) is 0 Å². The molecule has 3 nitrogen and oxygen atoms in total. The fourth-order valence-electron chi connectivity index (χ4n) is 1.78. The summed E-state index contributed by atoms with van der Waals surface area (Å²) < 4.78 is 0. The highest BCUT2D eigenvalue weighted by Crippen LogP contribution is 2.35. The first kappa shape index (κ1) is 10.6. The van der Waals surface area contributed by atoms with Crippen LogP contribution in [0, 0.1) is 0 Å². The van der Waals surface area contributed by atoms with Crippen LogP contribution in [0.5, 0.6) is 0 Å². The number of nitrogen functional groups attached to an aromatic ring is 1. The molecular formula is C11H15ClN2O. The molecule has 1 saturated carbocycles. The topological polar surface area (TPSA) is 49.5 Å². The number of rotatable bonds is 4. The van der Waals surface area contributed by atoms with E-state index in [0.29, 0.717) is 23.3 Å². The van der Waals surface area contributed by atoms with Crippen LogP contribution in [-0.2, 0) is 0 Å². The van der Waals surface area contributed by atoms with Crippen LogP contribution in [0.4, 0.5) is 11.4 Å². The van der Waals surface area contributed by atoms with Gasteiger partial charge >= 0.3 is 0 Å². The van der Waals surface area contributed by atoms with E-state index in [1.165, 1.54) is 12.8 Å². The quantitative estimate of drug-likeness (QED) is 0.771. The minimum absolute atomic E-state index is 0.151. The summed E-state index contributed by atoms with van der Waals surface area (Å²) in [6.45, 7) is 0.787. The van der Waals surface area contributed by atoms with Crippen molar-refractivity contribution in [2.75, 3.05) is 23.8 Å². The molecule has 0 heterocycles. The van der Waals surface area contributed by atoms with Gasteiger partial charge in [-0.3, -0.25) is 0 Å². The summed E-state index contributed by atoms with van der Waals surface area (Å²) in [6.07, 6.45) is 2.37. The first-order valence-corrected chi connectivity index (χ1v) is 5.52. The molecule has 0 amide bonds. The van der Waals surface area contributed by atoms with Crippen molar-refractivity contribution in [2.45, 2.75) is 18.9 Å². The van der Waals surface area contributed by atoms with Gasteiger partial charge in [-0.1, -0.05) is 11.6 Å². The third kappa shape index (κ3) is 2.36. The van der Waals surface area contributed by atoms with Crippen LogP contribution in [0.3, 0.4) is 0 Å². The number of nitrogens with two attached hydrogens (primary N) is 1. The van der Waals surface area contributed by atoms with Crippen LogP contribution in [-0.4, -0.2) is 24.3 Å². The molecule has 0 spiro atoms. The smallest absolute Gasteiger partial charge is 0.0606 e. The lowest BCUT2D eigenvalue weighted by Crippen LogP contribution is -2.29. The number of halogens is 1. The maximum absolute atomic E-state index is 9.01. The van der Waals surface area contributed by atoms with Gasteiger partial charge in [-0.15, -0.1) is 0 Å². The van der Waals surface area contributed by atoms with Gasteiger partial charge in [0.1, 0.15) is 0 Å². The molecular weight excluding hydrogens is 212 g/mol. The zero-order valence-corrected chi connectivity index (χ0v) is 9.24. The average Bonchev–Trinajstić information content (AvgIpc) is 2.98. The van der Waals surface area contributed by atoms with E-state index in [1.54, 1.807) is 6.07 Å². The number of aliphatic hydroxyl groups is 1. The molecule has 0 aliphatic heterocycles. The van der Waals surface area contributed by atoms with E-state index in [4.69, 9.17) is 22.4 Å². The van der Waals surface area contributed by atoms with Crippen molar-refractivity contribution in [3.8, 4) is 0 Å². The van der Waals surface area contributed by atoms with Gasteiger partial charge in [0.05, 0.1) is 18.0 Å². The molecule has 2 rings (SSSR count). The summed E-state index contributed by atoms with van der Waals surface area (Å²) in [5.41, 5.74) is 7.58. The Kier molecular flexibility index (Phi) is 3.03. The summed E-state index contributed by atoms with van der Waals surface area (Å²) >= 11 is 5.85. The van der Waals surface area contributed by atoms with Crippen molar-refractivity contribution >= 4 is 23.0 Å². The normalized spacial score (nSPS) is 15.3. The van der Waals surface area contributed by atoms with Crippen molar-refractivity contribution in [2.24, 2.45) is 0 Å². The summed E-state index contributed by atoms with van der Waals surface area (Å²) in [4.78, 5) is 2.16. The summed E-state index contributed by atoms with van der Waals surface area (Å²) in [6, 6.07) is 6.05. The fourth-order valence-corrected chi connectivity index (χ4v) is 1.96. The van der Waals surface area contributed by atoms with Crippen molar-refractivity contribution in [1.29, 1.82) is 0 Å². The van der Waals surface area contributed by atoms with Gasteiger partial charge in [-0.05, 0) is 31.0 Å². The molecule has 0 unspecified atom stereocenters. The summed E-state index contributed by atoms with van der Waals surface area (Å²) in [5.74, 6) is 0. The first-order chi connectivity index (χ1) is 7.22. The van der Waals surface area contributed by atoms with Crippen molar-refractivity contribution in [1.82, 2.24) is 0 Å². The maximum Gasteiger partial charge on any atom is 0.0606 e. The minimum atomic E-state index is 0.151. The highest BCUT2D eigenvalue weighted by molar-refractivity contribution is 6.31. The molecule has 1 aromatic rings. The van der Waals surface area contributed by atoms with Crippen LogP contribution in [0.25, 0.3) is 0 Å². The highest BCUT2D eigenvalue weighted by Gasteiger charge is 2.29. The minimum Gasteiger partial charge on any atom is -0.397 e. The Morgan fingerprint density at radius 2 is 2.20 bits per heavy atom. The van der Waals surface area contributed by atoms with E-state index in [-0.39, 0.29) is 6.61 Å². The van der Waals surface area contributed by atoms with Gasteiger partial charge in [0.25, 0.3) is 0 Å². The Morgan fingerprint density at radius 3 is 2.73 bits per heavy atom. The van der Waals surface area contributed by atoms with Gasteiger partial charge < -0.3 is 15.7 Å².